The van der Waals surface area contributed by atoms with Crippen LogP contribution in [-0.4, -0.2) is 21.9 Å². The Morgan fingerprint density at radius 3 is 2.39 bits per heavy atom. The van der Waals surface area contributed by atoms with Crippen LogP contribution in [0.5, 0.6) is 11.6 Å². The molecule has 3 rings (SSSR count). The Morgan fingerprint density at radius 2 is 1.77 bits per heavy atom. The van der Waals surface area contributed by atoms with E-state index in [-0.39, 0.29) is 22.3 Å². The van der Waals surface area contributed by atoms with E-state index in [1.807, 2.05) is 5.32 Å². The van der Waals surface area contributed by atoms with Gasteiger partial charge in [-0.1, -0.05) is 11.6 Å². The number of nitrogens with one attached hydrogen (secondary N) is 2. The zero-order chi connectivity index (χ0) is 22.6. The summed E-state index contributed by atoms with van der Waals surface area (Å²) in [5.74, 6) is -2.07. The van der Waals surface area contributed by atoms with Gasteiger partial charge in [0, 0.05) is 18.1 Å². The molecule has 2 heterocycles. The number of halogens is 5. The molecule has 0 atom stereocenters. The average molecular weight is 455 g/mol. The number of carbonyl (C=O) groups excluding carboxylic acids is 2. The van der Waals surface area contributed by atoms with E-state index in [1.165, 1.54) is 30.3 Å². The number of alkyl halides is 3. The van der Waals surface area contributed by atoms with Gasteiger partial charge in [0.25, 0.3) is 5.91 Å². The molecule has 0 fully saturated rings. The first kappa shape index (κ1) is 22.0. The monoisotopic (exact) mass is 454 g/mol. The number of amides is 3. The van der Waals surface area contributed by atoms with Crippen molar-refractivity contribution in [3.8, 4) is 11.6 Å². The lowest BCUT2D eigenvalue weighted by Gasteiger charge is -2.11. The van der Waals surface area contributed by atoms with Gasteiger partial charge >= 0.3 is 12.2 Å². The topological polar surface area (TPSA) is 93.2 Å². The molecule has 31 heavy (non-hydrogen) atoms. The molecule has 2 N–H and O–H groups in total. The number of hydrogen-bond acceptors (Lipinski definition) is 5. The quantitative estimate of drug-likeness (QED) is 0.425. The minimum Gasteiger partial charge on any atom is -0.438 e. The molecule has 0 unspecified atom stereocenters. The van der Waals surface area contributed by atoms with Crippen molar-refractivity contribution in [1.82, 2.24) is 15.3 Å². The maximum absolute atomic E-state index is 13.5. The van der Waals surface area contributed by atoms with Crippen LogP contribution < -0.4 is 15.4 Å². The molecule has 3 aromatic rings. The number of pyridine rings is 2. The average Bonchev–Trinajstić information content (AvgIpc) is 2.70. The fraction of sp³-hybridized carbons (Fsp3) is 0.0526. The van der Waals surface area contributed by atoms with Crippen molar-refractivity contribution >= 4 is 29.2 Å². The molecule has 1 aromatic carbocycles. The lowest BCUT2D eigenvalue weighted by atomic mass is 10.2. The van der Waals surface area contributed by atoms with Crippen molar-refractivity contribution < 1.29 is 31.9 Å². The van der Waals surface area contributed by atoms with Gasteiger partial charge in [0.1, 0.15) is 10.8 Å². The number of imide groups is 1. The zero-order valence-corrected chi connectivity index (χ0v) is 16.0. The first-order valence-electron chi connectivity index (χ1n) is 8.37. The van der Waals surface area contributed by atoms with E-state index >= 15 is 0 Å². The summed E-state index contributed by atoms with van der Waals surface area (Å²) in [4.78, 5) is 30.7. The lowest BCUT2D eigenvalue weighted by molar-refractivity contribution is -0.137. The number of nitrogens with zero attached hydrogens (tertiary/aromatic N) is 2. The van der Waals surface area contributed by atoms with E-state index in [4.69, 9.17) is 16.3 Å². The summed E-state index contributed by atoms with van der Waals surface area (Å²) in [5, 5.41) is 3.96. The molecule has 12 heteroatoms. The minimum atomic E-state index is -4.59. The largest absolute Gasteiger partial charge is 0.438 e. The zero-order valence-electron chi connectivity index (χ0n) is 15.2. The molecular formula is C19H11ClF4N4O3. The molecule has 0 spiro atoms. The number of hydrogen-bond donors (Lipinski definition) is 2. The second kappa shape index (κ2) is 8.96. The molecule has 0 saturated heterocycles. The van der Waals surface area contributed by atoms with Crippen molar-refractivity contribution in [3.63, 3.8) is 0 Å². The van der Waals surface area contributed by atoms with Crippen LogP contribution >= 0.6 is 11.6 Å². The summed E-state index contributed by atoms with van der Waals surface area (Å²) in [7, 11) is 0. The summed E-state index contributed by atoms with van der Waals surface area (Å²) in [6.45, 7) is 0. The third-order valence-electron chi connectivity index (χ3n) is 3.69. The van der Waals surface area contributed by atoms with Gasteiger partial charge in [0.05, 0.1) is 11.1 Å². The highest BCUT2D eigenvalue weighted by atomic mass is 35.5. The maximum Gasteiger partial charge on any atom is 0.417 e. The molecule has 2 aromatic heterocycles. The van der Waals surface area contributed by atoms with Gasteiger partial charge in [-0.25, -0.2) is 14.8 Å². The van der Waals surface area contributed by atoms with E-state index in [1.54, 1.807) is 0 Å². The Labute approximate surface area is 177 Å². The van der Waals surface area contributed by atoms with Gasteiger partial charge in [0.2, 0.25) is 11.8 Å². The van der Waals surface area contributed by atoms with Crippen LogP contribution in [0.1, 0.15) is 15.9 Å². The smallest absolute Gasteiger partial charge is 0.417 e. The second-order valence-corrected chi connectivity index (χ2v) is 6.29. The van der Waals surface area contributed by atoms with E-state index in [0.29, 0.717) is 12.3 Å². The summed E-state index contributed by atoms with van der Waals surface area (Å²) in [6, 6.07) is 7.82. The number of aromatic nitrogens is 2. The first-order chi connectivity index (χ1) is 14.6. The highest BCUT2D eigenvalue weighted by Gasteiger charge is 2.31. The molecule has 3 amide bonds. The fourth-order valence-corrected chi connectivity index (χ4v) is 2.47. The molecule has 160 valence electrons. The summed E-state index contributed by atoms with van der Waals surface area (Å²) in [5.41, 5.74) is -1.17. The molecule has 0 aliphatic rings. The van der Waals surface area contributed by atoms with Crippen LogP contribution in [-0.2, 0) is 6.18 Å². The molecule has 0 saturated carbocycles. The number of urea groups is 1. The van der Waals surface area contributed by atoms with Gasteiger partial charge < -0.3 is 10.1 Å². The van der Waals surface area contributed by atoms with Gasteiger partial charge in [0.15, 0.2) is 0 Å². The van der Waals surface area contributed by atoms with Crippen LogP contribution in [0.25, 0.3) is 0 Å². The number of anilines is 1. The normalized spacial score (nSPS) is 11.0. The van der Waals surface area contributed by atoms with Crippen LogP contribution in [0.4, 0.5) is 28.0 Å². The van der Waals surface area contributed by atoms with E-state index < -0.39 is 35.2 Å². The van der Waals surface area contributed by atoms with E-state index in [0.717, 1.165) is 12.3 Å². The third-order valence-corrected chi connectivity index (χ3v) is 3.96. The van der Waals surface area contributed by atoms with E-state index in [2.05, 4.69) is 15.3 Å². The number of carbonyl (C=O) groups is 2. The number of ether oxygens (including phenoxy) is 1. The summed E-state index contributed by atoms with van der Waals surface area (Å²) < 4.78 is 56.7. The fourth-order valence-electron chi connectivity index (χ4n) is 2.26. The van der Waals surface area contributed by atoms with E-state index in [9.17, 15) is 27.2 Å². The van der Waals surface area contributed by atoms with Gasteiger partial charge in [-0.15, -0.1) is 0 Å². The molecule has 0 bridgehead atoms. The minimum absolute atomic E-state index is 0.175. The summed E-state index contributed by atoms with van der Waals surface area (Å²) in [6.07, 6.45) is -2.85. The SMILES string of the molecule is O=C(NC(=O)c1cccnc1F)Nc1ccc(Oc2ncc(C(F)(F)F)cc2Cl)cc1. The van der Waals surface area contributed by atoms with Gasteiger partial charge in [-0.05, 0) is 42.5 Å². The molecule has 7 nitrogen and oxygen atoms in total. The Balaban J connectivity index is 1.61. The van der Waals surface area contributed by atoms with Crippen molar-refractivity contribution in [2.24, 2.45) is 0 Å². The number of rotatable bonds is 4. The second-order valence-electron chi connectivity index (χ2n) is 5.89. The predicted molar refractivity (Wildman–Crippen MR) is 101 cm³/mol. The van der Waals surface area contributed by atoms with Crippen LogP contribution in [0, 0.1) is 5.95 Å². The molecule has 0 aliphatic carbocycles. The Morgan fingerprint density at radius 1 is 1.06 bits per heavy atom. The van der Waals surface area contributed by atoms with Crippen molar-refractivity contribution in [3.05, 3.63) is 77.0 Å². The maximum atomic E-state index is 13.5. The van der Waals surface area contributed by atoms with Crippen molar-refractivity contribution in [1.29, 1.82) is 0 Å². The van der Waals surface area contributed by atoms with Gasteiger partial charge in [-0.2, -0.15) is 17.6 Å². The molecular weight excluding hydrogens is 444 g/mol. The number of benzene rings is 1. The summed E-state index contributed by atoms with van der Waals surface area (Å²) >= 11 is 5.78. The highest BCUT2D eigenvalue weighted by molar-refractivity contribution is 6.31. The standard InChI is InChI=1S/C19H11ClF4N4O3/c20-14-8-10(19(22,23)24)9-26-17(14)31-12-5-3-11(4-6-12)27-18(30)28-16(29)13-2-1-7-25-15(13)21/h1-9H,(H2,27,28,29,30). The third kappa shape index (κ3) is 5.66. The van der Waals surface area contributed by atoms with Crippen LogP contribution in [0.2, 0.25) is 5.02 Å². The van der Waals surface area contributed by atoms with Crippen molar-refractivity contribution in [2.45, 2.75) is 6.18 Å². The predicted octanol–water partition coefficient (Wildman–Crippen LogP) is 5.04. The van der Waals surface area contributed by atoms with Crippen molar-refractivity contribution in [2.75, 3.05) is 5.32 Å². The highest BCUT2D eigenvalue weighted by Crippen LogP contribution is 2.34. The van der Waals surface area contributed by atoms with Crippen LogP contribution in [0.3, 0.4) is 0 Å². The van der Waals surface area contributed by atoms with Crippen LogP contribution in [0.15, 0.2) is 54.9 Å². The Hall–Kier alpha value is -3.73. The Kier molecular flexibility index (Phi) is 6.35. The first-order valence-corrected chi connectivity index (χ1v) is 8.75. The van der Waals surface area contributed by atoms with Gasteiger partial charge in [-0.3, -0.25) is 10.1 Å². The lowest BCUT2D eigenvalue weighted by Crippen LogP contribution is -2.34. The Bertz CT molecular complexity index is 1120. The molecule has 0 radical (unpaired) electrons. The molecule has 0 aliphatic heterocycles.